The van der Waals surface area contributed by atoms with E-state index in [0.717, 1.165) is 34.9 Å². The second-order valence-electron chi connectivity index (χ2n) is 6.68. The molecule has 0 bridgehead atoms. The third kappa shape index (κ3) is 3.15. The standard InChI is InChI=1S/C21H18FN3O3/c22-17-9-3-1-7-15(17)13-25-20(27)16(12-23-21(25)28)19(26)24-11-5-8-14-6-2-4-10-18(14)24/h1-4,6-7,9-10,12H,5,8,11,13H2,(H,23,28). The Hall–Kier alpha value is -3.48. The van der Waals surface area contributed by atoms with E-state index in [1.807, 2.05) is 24.3 Å². The molecule has 6 nitrogen and oxygen atoms in total. The highest BCUT2D eigenvalue weighted by atomic mass is 19.1. The number of nitrogens with zero attached hydrogens (tertiary/aromatic N) is 2. The fourth-order valence-electron chi connectivity index (χ4n) is 3.49. The molecule has 0 spiro atoms. The summed E-state index contributed by atoms with van der Waals surface area (Å²) >= 11 is 0. The summed E-state index contributed by atoms with van der Waals surface area (Å²) in [6.07, 6.45) is 2.79. The first-order valence-electron chi connectivity index (χ1n) is 9.02. The van der Waals surface area contributed by atoms with Gasteiger partial charge in [-0.15, -0.1) is 0 Å². The molecule has 0 unspecified atom stereocenters. The van der Waals surface area contributed by atoms with Gasteiger partial charge in [-0.2, -0.15) is 0 Å². The highest BCUT2D eigenvalue weighted by molar-refractivity contribution is 6.06. The maximum absolute atomic E-state index is 14.0. The molecule has 1 amide bonds. The first kappa shape index (κ1) is 17.9. The largest absolute Gasteiger partial charge is 0.328 e. The van der Waals surface area contributed by atoms with Crippen LogP contribution in [0.4, 0.5) is 10.1 Å². The van der Waals surface area contributed by atoms with Gasteiger partial charge in [0.1, 0.15) is 11.4 Å². The van der Waals surface area contributed by atoms with E-state index in [1.54, 1.807) is 11.0 Å². The molecule has 0 saturated carbocycles. The SMILES string of the molecule is O=C(c1c[nH]c(=O)n(Cc2ccccc2F)c1=O)N1CCCc2ccccc21. The van der Waals surface area contributed by atoms with Crippen molar-refractivity contribution in [1.82, 2.24) is 9.55 Å². The number of aromatic amines is 1. The van der Waals surface area contributed by atoms with Gasteiger partial charge < -0.3 is 9.88 Å². The number of carbonyl (C=O) groups is 1. The zero-order valence-electron chi connectivity index (χ0n) is 15.0. The van der Waals surface area contributed by atoms with Crippen LogP contribution in [0, 0.1) is 5.82 Å². The molecule has 2 aromatic carbocycles. The van der Waals surface area contributed by atoms with Crippen LogP contribution in [0.1, 0.15) is 27.9 Å². The second kappa shape index (κ2) is 7.26. The molecule has 7 heteroatoms. The van der Waals surface area contributed by atoms with Crippen LogP contribution in [-0.4, -0.2) is 22.0 Å². The van der Waals surface area contributed by atoms with Crippen molar-refractivity contribution in [3.05, 3.63) is 98.1 Å². The molecular weight excluding hydrogens is 361 g/mol. The summed E-state index contributed by atoms with van der Waals surface area (Å²) in [7, 11) is 0. The number of benzene rings is 2. The lowest BCUT2D eigenvalue weighted by Gasteiger charge is -2.29. The third-order valence-corrected chi connectivity index (χ3v) is 4.93. The number of anilines is 1. The Balaban J connectivity index is 1.74. The number of hydrogen-bond donors (Lipinski definition) is 1. The maximum atomic E-state index is 14.0. The molecular formula is C21H18FN3O3. The lowest BCUT2D eigenvalue weighted by atomic mass is 10.0. The summed E-state index contributed by atoms with van der Waals surface area (Å²) in [5.41, 5.74) is 0.433. The average Bonchev–Trinajstić information content (AvgIpc) is 2.71. The number of rotatable bonds is 3. The van der Waals surface area contributed by atoms with Gasteiger partial charge in [-0.25, -0.2) is 9.18 Å². The Morgan fingerprint density at radius 2 is 1.82 bits per heavy atom. The van der Waals surface area contributed by atoms with Crippen LogP contribution in [0.25, 0.3) is 0 Å². The number of fused-ring (bicyclic) bond motifs is 1. The van der Waals surface area contributed by atoms with E-state index in [2.05, 4.69) is 4.98 Å². The van der Waals surface area contributed by atoms with Gasteiger partial charge in [0.15, 0.2) is 0 Å². The number of H-pyrrole nitrogens is 1. The third-order valence-electron chi connectivity index (χ3n) is 4.93. The summed E-state index contributed by atoms with van der Waals surface area (Å²) in [4.78, 5) is 42.1. The minimum absolute atomic E-state index is 0.146. The maximum Gasteiger partial charge on any atom is 0.328 e. The van der Waals surface area contributed by atoms with Gasteiger partial charge in [-0.1, -0.05) is 36.4 Å². The molecule has 2 heterocycles. The normalized spacial score (nSPS) is 13.2. The predicted octanol–water partition coefficient (Wildman–Crippen LogP) is 2.32. The summed E-state index contributed by atoms with van der Waals surface area (Å²) in [6.45, 7) is 0.236. The molecule has 0 atom stereocenters. The molecule has 1 N–H and O–H groups in total. The smallest absolute Gasteiger partial charge is 0.313 e. The van der Waals surface area contributed by atoms with E-state index in [4.69, 9.17) is 0 Å². The van der Waals surface area contributed by atoms with E-state index in [0.29, 0.717) is 6.54 Å². The number of amides is 1. The Labute approximate surface area is 159 Å². The van der Waals surface area contributed by atoms with Gasteiger partial charge in [0, 0.05) is 24.0 Å². The fraction of sp³-hybridized carbons (Fsp3) is 0.190. The topological polar surface area (TPSA) is 75.2 Å². The van der Waals surface area contributed by atoms with Crippen molar-refractivity contribution in [3.8, 4) is 0 Å². The number of nitrogens with one attached hydrogen (secondary N) is 1. The van der Waals surface area contributed by atoms with E-state index in [9.17, 15) is 18.8 Å². The van der Waals surface area contributed by atoms with Crippen LogP contribution in [-0.2, 0) is 13.0 Å². The van der Waals surface area contributed by atoms with Gasteiger partial charge in [0.2, 0.25) is 0 Å². The van der Waals surface area contributed by atoms with Crippen LogP contribution in [0.3, 0.4) is 0 Å². The lowest BCUT2D eigenvalue weighted by molar-refractivity contribution is 0.0982. The number of para-hydroxylation sites is 1. The van der Waals surface area contributed by atoms with E-state index in [-0.39, 0.29) is 17.7 Å². The first-order valence-corrected chi connectivity index (χ1v) is 9.02. The molecule has 28 heavy (non-hydrogen) atoms. The van der Waals surface area contributed by atoms with Gasteiger partial charge in [0.25, 0.3) is 11.5 Å². The Morgan fingerprint density at radius 1 is 1.07 bits per heavy atom. The minimum Gasteiger partial charge on any atom is -0.313 e. The minimum atomic E-state index is -0.736. The summed E-state index contributed by atoms with van der Waals surface area (Å²) in [6, 6.07) is 13.5. The van der Waals surface area contributed by atoms with Crippen molar-refractivity contribution < 1.29 is 9.18 Å². The zero-order valence-corrected chi connectivity index (χ0v) is 15.0. The molecule has 0 fully saturated rings. The van der Waals surface area contributed by atoms with E-state index >= 15 is 0 Å². The quantitative estimate of drug-likeness (QED) is 0.759. The summed E-state index contributed by atoms with van der Waals surface area (Å²) in [5, 5.41) is 0. The molecule has 1 aromatic heterocycles. The molecule has 1 aliphatic rings. The summed E-state index contributed by atoms with van der Waals surface area (Å²) < 4.78 is 14.8. The van der Waals surface area contributed by atoms with Crippen LogP contribution < -0.4 is 16.1 Å². The number of aryl methyl sites for hydroxylation is 1. The van der Waals surface area contributed by atoms with Crippen molar-refractivity contribution in [2.45, 2.75) is 19.4 Å². The number of carbonyl (C=O) groups excluding carboxylic acids is 1. The van der Waals surface area contributed by atoms with Crippen LogP contribution in [0.2, 0.25) is 0 Å². The molecule has 1 aliphatic heterocycles. The second-order valence-corrected chi connectivity index (χ2v) is 6.68. The molecule has 4 rings (SSSR count). The highest BCUT2D eigenvalue weighted by Crippen LogP contribution is 2.27. The predicted molar refractivity (Wildman–Crippen MR) is 103 cm³/mol. The average molecular weight is 379 g/mol. The van der Waals surface area contributed by atoms with Crippen molar-refractivity contribution >= 4 is 11.6 Å². The number of aromatic nitrogens is 2. The van der Waals surface area contributed by atoms with Gasteiger partial charge in [-0.3, -0.25) is 14.2 Å². The van der Waals surface area contributed by atoms with Crippen molar-refractivity contribution in [2.24, 2.45) is 0 Å². The molecule has 0 aliphatic carbocycles. The summed E-state index contributed by atoms with van der Waals surface area (Å²) in [5.74, 6) is -0.994. The van der Waals surface area contributed by atoms with Crippen LogP contribution >= 0.6 is 0 Å². The lowest BCUT2D eigenvalue weighted by Crippen LogP contribution is -2.43. The van der Waals surface area contributed by atoms with Crippen LogP contribution in [0.15, 0.2) is 64.3 Å². The molecule has 0 saturated heterocycles. The van der Waals surface area contributed by atoms with E-state index in [1.165, 1.54) is 18.2 Å². The Morgan fingerprint density at radius 3 is 2.64 bits per heavy atom. The van der Waals surface area contributed by atoms with Crippen molar-refractivity contribution in [1.29, 1.82) is 0 Å². The number of halogens is 1. The van der Waals surface area contributed by atoms with Crippen molar-refractivity contribution in [3.63, 3.8) is 0 Å². The number of hydrogen-bond acceptors (Lipinski definition) is 3. The monoisotopic (exact) mass is 379 g/mol. The molecule has 3 aromatic rings. The van der Waals surface area contributed by atoms with Crippen molar-refractivity contribution in [2.75, 3.05) is 11.4 Å². The molecule has 0 radical (unpaired) electrons. The first-order chi connectivity index (χ1) is 13.6. The van der Waals surface area contributed by atoms with Crippen LogP contribution in [0.5, 0.6) is 0 Å². The zero-order chi connectivity index (χ0) is 19.7. The Bertz CT molecular complexity index is 1170. The Kier molecular flexibility index (Phi) is 4.65. The fourth-order valence-corrected chi connectivity index (χ4v) is 3.49. The van der Waals surface area contributed by atoms with Gasteiger partial charge >= 0.3 is 5.69 Å². The van der Waals surface area contributed by atoms with E-state index < -0.39 is 23.0 Å². The highest BCUT2D eigenvalue weighted by Gasteiger charge is 2.26. The van der Waals surface area contributed by atoms with Gasteiger partial charge in [0.05, 0.1) is 6.54 Å². The van der Waals surface area contributed by atoms with Gasteiger partial charge in [-0.05, 0) is 30.5 Å². The molecule has 142 valence electrons.